The third kappa shape index (κ3) is 5.13. The maximum Gasteiger partial charge on any atom is 0.422 e. The molecule has 0 saturated carbocycles. The Morgan fingerprint density at radius 3 is 2.78 bits per heavy atom. The van der Waals surface area contributed by atoms with Crippen LogP contribution in [0.2, 0.25) is 0 Å². The number of halogens is 3. The molecule has 23 heavy (non-hydrogen) atoms. The Hall–Kier alpha value is -2.84. The van der Waals surface area contributed by atoms with Crippen molar-refractivity contribution in [2.24, 2.45) is 5.73 Å². The standard InChI is InChI=1S/C14H13F3N4O2/c15-14(16,17)8-23-12-5-9(1-4-20-12)6-21-11-2-3-19-7-10(11)13(18)22/h1-5,7H,6,8H2,(H2,18,22)(H,19,21). The van der Waals surface area contributed by atoms with E-state index in [9.17, 15) is 18.0 Å². The molecular formula is C14H13F3N4O2. The second kappa shape index (κ2) is 6.95. The van der Waals surface area contributed by atoms with Gasteiger partial charge in [0.15, 0.2) is 6.61 Å². The average Bonchev–Trinajstić information content (AvgIpc) is 2.51. The molecule has 0 unspecified atom stereocenters. The van der Waals surface area contributed by atoms with E-state index in [1.165, 1.54) is 24.7 Å². The Bertz CT molecular complexity index is 692. The molecule has 0 atom stereocenters. The smallest absolute Gasteiger partial charge is 0.422 e. The van der Waals surface area contributed by atoms with Gasteiger partial charge in [0.05, 0.1) is 11.3 Å². The largest absolute Gasteiger partial charge is 0.468 e. The minimum absolute atomic E-state index is 0.133. The van der Waals surface area contributed by atoms with Crippen molar-refractivity contribution in [2.45, 2.75) is 12.7 Å². The summed E-state index contributed by atoms with van der Waals surface area (Å²) in [6.07, 6.45) is -0.276. The number of nitrogens with zero attached hydrogens (tertiary/aromatic N) is 2. The molecule has 0 saturated heterocycles. The van der Waals surface area contributed by atoms with Gasteiger partial charge in [-0.25, -0.2) is 4.98 Å². The summed E-state index contributed by atoms with van der Waals surface area (Å²) in [6.45, 7) is -1.16. The molecular weight excluding hydrogens is 313 g/mol. The first kappa shape index (κ1) is 16.5. The minimum atomic E-state index is -4.43. The molecule has 6 nitrogen and oxygen atoms in total. The number of hydrogen-bond donors (Lipinski definition) is 2. The van der Waals surface area contributed by atoms with Crippen molar-refractivity contribution in [1.82, 2.24) is 9.97 Å². The summed E-state index contributed by atoms with van der Waals surface area (Å²) in [5.74, 6) is -0.768. The fourth-order valence-electron chi connectivity index (χ4n) is 1.74. The number of primary amides is 1. The van der Waals surface area contributed by atoms with E-state index in [2.05, 4.69) is 20.0 Å². The number of anilines is 1. The number of carbonyl (C=O) groups is 1. The Balaban J connectivity index is 2.03. The van der Waals surface area contributed by atoms with E-state index in [0.717, 1.165) is 0 Å². The summed E-state index contributed by atoms with van der Waals surface area (Å²) in [6, 6.07) is 4.56. The number of ether oxygens (including phenoxy) is 1. The van der Waals surface area contributed by atoms with Gasteiger partial charge in [0.1, 0.15) is 0 Å². The summed E-state index contributed by atoms with van der Waals surface area (Å²) < 4.78 is 40.9. The second-order valence-electron chi connectivity index (χ2n) is 4.55. The number of rotatable bonds is 6. The monoisotopic (exact) mass is 326 g/mol. The molecule has 0 bridgehead atoms. The number of pyridine rings is 2. The van der Waals surface area contributed by atoms with E-state index in [0.29, 0.717) is 11.3 Å². The SMILES string of the molecule is NC(=O)c1cnccc1NCc1ccnc(OCC(F)(F)F)c1. The number of nitrogens with two attached hydrogens (primary N) is 1. The van der Waals surface area contributed by atoms with Crippen LogP contribution in [0.15, 0.2) is 36.8 Å². The van der Waals surface area contributed by atoms with Crippen LogP contribution in [0.25, 0.3) is 0 Å². The van der Waals surface area contributed by atoms with Crippen molar-refractivity contribution in [1.29, 1.82) is 0 Å². The fourth-order valence-corrected chi connectivity index (χ4v) is 1.74. The van der Waals surface area contributed by atoms with Crippen molar-refractivity contribution in [3.63, 3.8) is 0 Å². The quantitative estimate of drug-likeness (QED) is 0.849. The van der Waals surface area contributed by atoms with E-state index in [1.54, 1.807) is 12.1 Å². The second-order valence-corrected chi connectivity index (χ2v) is 4.55. The van der Waals surface area contributed by atoms with Gasteiger partial charge in [0.2, 0.25) is 5.88 Å². The van der Waals surface area contributed by atoms with Crippen LogP contribution in [0, 0.1) is 0 Å². The molecule has 2 aromatic heterocycles. The maximum atomic E-state index is 12.1. The zero-order valence-electron chi connectivity index (χ0n) is 11.8. The molecule has 122 valence electrons. The minimum Gasteiger partial charge on any atom is -0.468 e. The Labute approximate surface area is 129 Å². The first-order valence-electron chi connectivity index (χ1n) is 6.47. The van der Waals surface area contributed by atoms with Crippen molar-refractivity contribution in [2.75, 3.05) is 11.9 Å². The number of aromatic nitrogens is 2. The van der Waals surface area contributed by atoms with Gasteiger partial charge in [-0.05, 0) is 17.7 Å². The van der Waals surface area contributed by atoms with Gasteiger partial charge in [0.25, 0.3) is 5.91 Å². The number of carbonyl (C=O) groups excluding carboxylic acids is 1. The normalized spacial score (nSPS) is 11.1. The number of amides is 1. The predicted molar refractivity (Wildman–Crippen MR) is 75.9 cm³/mol. The van der Waals surface area contributed by atoms with Crippen LogP contribution in [0.4, 0.5) is 18.9 Å². The van der Waals surface area contributed by atoms with E-state index in [-0.39, 0.29) is 18.0 Å². The van der Waals surface area contributed by atoms with Crippen LogP contribution in [0.5, 0.6) is 5.88 Å². The Kier molecular flexibility index (Phi) is 4.99. The van der Waals surface area contributed by atoms with Crippen molar-refractivity contribution in [3.8, 4) is 5.88 Å². The highest BCUT2D eigenvalue weighted by molar-refractivity contribution is 5.98. The van der Waals surface area contributed by atoms with Crippen LogP contribution in [0.1, 0.15) is 15.9 Å². The number of alkyl halides is 3. The molecule has 9 heteroatoms. The van der Waals surface area contributed by atoms with Gasteiger partial charge in [0, 0.05) is 31.2 Å². The maximum absolute atomic E-state index is 12.1. The van der Waals surface area contributed by atoms with Gasteiger partial charge in [-0.1, -0.05) is 0 Å². The van der Waals surface area contributed by atoms with Gasteiger partial charge in [-0.3, -0.25) is 9.78 Å². The highest BCUT2D eigenvalue weighted by atomic mass is 19.4. The summed E-state index contributed by atoms with van der Waals surface area (Å²) >= 11 is 0. The molecule has 0 radical (unpaired) electrons. The van der Waals surface area contributed by atoms with E-state index >= 15 is 0 Å². The lowest BCUT2D eigenvalue weighted by Crippen LogP contribution is -2.19. The van der Waals surface area contributed by atoms with Gasteiger partial charge >= 0.3 is 6.18 Å². The van der Waals surface area contributed by atoms with Crippen molar-refractivity contribution >= 4 is 11.6 Å². The van der Waals surface area contributed by atoms with Crippen LogP contribution in [0.3, 0.4) is 0 Å². The first-order valence-corrected chi connectivity index (χ1v) is 6.47. The zero-order chi connectivity index (χ0) is 16.9. The highest BCUT2D eigenvalue weighted by Crippen LogP contribution is 2.19. The first-order chi connectivity index (χ1) is 10.8. The summed E-state index contributed by atoms with van der Waals surface area (Å²) in [5.41, 5.74) is 6.55. The zero-order valence-corrected chi connectivity index (χ0v) is 11.8. The lowest BCUT2D eigenvalue weighted by Gasteiger charge is -2.11. The van der Waals surface area contributed by atoms with Gasteiger partial charge in [-0.2, -0.15) is 13.2 Å². The summed E-state index contributed by atoms with van der Waals surface area (Å²) in [4.78, 5) is 18.8. The molecule has 2 rings (SSSR count). The molecule has 0 spiro atoms. The topological polar surface area (TPSA) is 90.1 Å². The summed E-state index contributed by atoms with van der Waals surface area (Å²) in [5, 5.41) is 2.96. The van der Waals surface area contributed by atoms with Crippen LogP contribution in [-0.2, 0) is 6.54 Å². The average molecular weight is 326 g/mol. The summed E-state index contributed by atoms with van der Waals surface area (Å²) in [7, 11) is 0. The molecule has 0 aliphatic rings. The predicted octanol–water partition coefficient (Wildman–Crippen LogP) is 2.13. The van der Waals surface area contributed by atoms with Gasteiger partial charge < -0.3 is 15.8 Å². The molecule has 3 N–H and O–H groups in total. The number of nitrogens with one attached hydrogen (secondary N) is 1. The lowest BCUT2D eigenvalue weighted by molar-refractivity contribution is -0.154. The van der Waals surface area contributed by atoms with Crippen LogP contribution in [-0.4, -0.2) is 28.7 Å². The Morgan fingerprint density at radius 2 is 2.09 bits per heavy atom. The molecule has 0 aromatic carbocycles. The third-order valence-electron chi connectivity index (χ3n) is 2.75. The van der Waals surface area contributed by atoms with Crippen LogP contribution < -0.4 is 15.8 Å². The lowest BCUT2D eigenvalue weighted by atomic mass is 10.2. The third-order valence-corrected chi connectivity index (χ3v) is 2.75. The van der Waals surface area contributed by atoms with Crippen molar-refractivity contribution < 1.29 is 22.7 Å². The highest BCUT2D eigenvalue weighted by Gasteiger charge is 2.28. The molecule has 1 amide bonds. The molecule has 2 aromatic rings. The Morgan fingerprint density at radius 1 is 1.30 bits per heavy atom. The molecule has 2 heterocycles. The van der Waals surface area contributed by atoms with E-state index in [4.69, 9.17) is 5.73 Å². The van der Waals surface area contributed by atoms with E-state index in [1.807, 2.05) is 0 Å². The van der Waals surface area contributed by atoms with Crippen LogP contribution >= 0.6 is 0 Å². The fraction of sp³-hybridized carbons (Fsp3) is 0.214. The van der Waals surface area contributed by atoms with Crippen molar-refractivity contribution in [3.05, 3.63) is 47.9 Å². The number of hydrogen-bond acceptors (Lipinski definition) is 5. The van der Waals surface area contributed by atoms with E-state index < -0.39 is 18.7 Å². The van der Waals surface area contributed by atoms with Gasteiger partial charge in [-0.15, -0.1) is 0 Å². The molecule has 0 fully saturated rings. The molecule has 0 aliphatic heterocycles. The molecule has 0 aliphatic carbocycles.